The third-order valence-corrected chi connectivity index (χ3v) is 15.3. The van der Waals surface area contributed by atoms with Crippen molar-refractivity contribution in [2.45, 2.75) is 96.9 Å². The summed E-state index contributed by atoms with van der Waals surface area (Å²) in [5.41, 5.74) is 4.04. The second-order valence-corrected chi connectivity index (χ2v) is 22.2. The summed E-state index contributed by atoms with van der Waals surface area (Å²) < 4.78 is 61.5. The van der Waals surface area contributed by atoms with Gasteiger partial charge in [0.15, 0.2) is 0 Å². The maximum Gasteiger partial charge on any atom is 0.426 e. The molecule has 11 rings (SSSR count). The minimum absolute atomic E-state index is 0.00645. The van der Waals surface area contributed by atoms with Crippen LogP contribution in [-0.4, -0.2) is 30.3 Å². The number of hydrogen-bond acceptors (Lipinski definition) is 4. The molecule has 10 aromatic rings. The van der Waals surface area contributed by atoms with Crippen molar-refractivity contribution in [1.29, 1.82) is 0 Å². The van der Waals surface area contributed by atoms with E-state index in [-0.39, 0.29) is 33.1 Å². The highest BCUT2D eigenvalue weighted by molar-refractivity contribution is 6.27. The summed E-state index contributed by atoms with van der Waals surface area (Å²) in [7, 11) is 0. The number of ether oxygens (including phenoxy) is 2. The lowest BCUT2D eigenvalue weighted by Crippen LogP contribution is -2.57. The normalized spacial score (nSPS) is 14.6. The minimum Gasteiger partial charge on any atom is -0.458 e. The number of rotatable bonds is 8. The van der Waals surface area contributed by atoms with Gasteiger partial charge in [-0.15, -0.1) is 0 Å². The Morgan fingerprint density at radius 1 is 0.472 bits per heavy atom. The average Bonchev–Trinajstić information content (AvgIpc) is 3.61. The average molecular weight is 957 g/mol. The molecule has 10 aromatic carbocycles. The first-order valence-electron chi connectivity index (χ1n) is 24.5. The third kappa shape index (κ3) is 7.09. The first-order valence-corrected chi connectivity index (χ1v) is 24.5. The van der Waals surface area contributed by atoms with Crippen LogP contribution in [0.3, 0.4) is 0 Å². The first kappa shape index (κ1) is 46.8. The fourth-order valence-electron chi connectivity index (χ4n) is 11.6. The molecule has 4 nitrogen and oxygen atoms in total. The van der Waals surface area contributed by atoms with E-state index in [1.54, 1.807) is 12.1 Å². The van der Waals surface area contributed by atoms with Gasteiger partial charge in [0.1, 0.15) is 11.5 Å². The van der Waals surface area contributed by atoms with Crippen LogP contribution in [0.5, 0.6) is 0 Å². The Kier molecular flexibility index (Phi) is 10.4. The van der Waals surface area contributed by atoms with Gasteiger partial charge in [-0.2, -0.15) is 13.2 Å². The predicted octanol–water partition coefficient (Wildman–Crippen LogP) is 17.2. The van der Waals surface area contributed by atoms with Crippen LogP contribution in [-0.2, 0) is 35.3 Å². The molecule has 0 heterocycles. The van der Waals surface area contributed by atoms with Crippen molar-refractivity contribution >= 4 is 76.6 Å². The van der Waals surface area contributed by atoms with Gasteiger partial charge in [-0.05, 0) is 164 Å². The fraction of sp³-hybridized carbons (Fsp3) is 0.231. The summed E-state index contributed by atoms with van der Waals surface area (Å²) in [6, 6.07) is 45.2. The Morgan fingerprint density at radius 2 is 0.819 bits per heavy atom. The lowest BCUT2D eigenvalue weighted by atomic mass is 9.68. The monoisotopic (exact) mass is 956 g/mol. The number of carbonyl (C=O) groups is 2. The van der Waals surface area contributed by atoms with E-state index in [0.717, 1.165) is 75.8 Å². The molecule has 0 spiro atoms. The first-order chi connectivity index (χ1) is 34.0. The van der Waals surface area contributed by atoms with Crippen molar-refractivity contribution in [2.24, 2.45) is 0 Å². The molecule has 0 fully saturated rings. The van der Waals surface area contributed by atoms with Crippen LogP contribution < -0.4 is 0 Å². The number of hydrogen-bond donors (Lipinski definition) is 0. The summed E-state index contributed by atoms with van der Waals surface area (Å²) >= 11 is 0. The van der Waals surface area contributed by atoms with E-state index >= 15 is 13.2 Å². The molecule has 0 N–H and O–H groups in total. The second kappa shape index (κ2) is 16.0. The minimum atomic E-state index is -5.18. The number of alkyl halides is 3. The van der Waals surface area contributed by atoms with Gasteiger partial charge in [-0.1, -0.05) is 176 Å². The van der Waals surface area contributed by atoms with Crippen LogP contribution in [0.25, 0.3) is 98.0 Å². The van der Waals surface area contributed by atoms with Crippen LogP contribution in [0.15, 0.2) is 158 Å². The van der Waals surface area contributed by atoms with Crippen molar-refractivity contribution in [3.05, 3.63) is 180 Å². The van der Waals surface area contributed by atoms with Gasteiger partial charge in [0.2, 0.25) is 6.10 Å². The Labute approximate surface area is 417 Å². The van der Waals surface area contributed by atoms with Crippen LogP contribution >= 0.6 is 0 Å². The Morgan fingerprint density at radius 3 is 1.19 bits per heavy atom. The van der Waals surface area contributed by atoms with Crippen LogP contribution in [0.4, 0.5) is 13.2 Å². The number of halogens is 3. The van der Waals surface area contributed by atoms with Crippen molar-refractivity contribution < 1.29 is 32.2 Å². The molecule has 72 heavy (non-hydrogen) atoms. The molecular weight excluding hydrogens is 902 g/mol. The van der Waals surface area contributed by atoms with Gasteiger partial charge in [0, 0.05) is 11.1 Å². The lowest BCUT2D eigenvalue weighted by Gasteiger charge is -2.43. The number of fused-ring (bicyclic) bond motifs is 3. The molecule has 0 aliphatic heterocycles. The molecule has 0 aromatic heterocycles. The topological polar surface area (TPSA) is 52.6 Å². The van der Waals surface area contributed by atoms with Crippen molar-refractivity contribution in [2.75, 3.05) is 0 Å². The third-order valence-electron chi connectivity index (χ3n) is 15.3. The van der Waals surface area contributed by atoms with Gasteiger partial charge in [-0.3, -0.25) is 0 Å². The molecule has 0 saturated carbocycles. The smallest absolute Gasteiger partial charge is 0.426 e. The molecule has 360 valence electrons. The highest BCUT2D eigenvalue weighted by Crippen LogP contribution is 2.59. The van der Waals surface area contributed by atoms with E-state index in [1.165, 1.54) is 31.9 Å². The lowest BCUT2D eigenvalue weighted by molar-refractivity contribution is -0.242. The van der Waals surface area contributed by atoms with Gasteiger partial charge in [-0.25, -0.2) is 9.59 Å². The Balaban J connectivity index is 1.18. The summed E-state index contributed by atoms with van der Waals surface area (Å²) in [6.45, 7) is 24.9. The quantitative estimate of drug-likeness (QED) is 0.0865. The number of benzene rings is 10. The van der Waals surface area contributed by atoms with Gasteiger partial charge < -0.3 is 9.47 Å². The van der Waals surface area contributed by atoms with Crippen molar-refractivity contribution in [3.8, 4) is 33.4 Å². The predicted molar refractivity (Wildman–Crippen MR) is 289 cm³/mol. The zero-order valence-corrected chi connectivity index (χ0v) is 42.0. The molecule has 1 aliphatic rings. The molecule has 2 atom stereocenters. The Bertz CT molecular complexity index is 3700. The van der Waals surface area contributed by atoms with E-state index in [0.29, 0.717) is 22.3 Å². The van der Waals surface area contributed by atoms with Crippen LogP contribution in [0.1, 0.15) is 84.6 Å². The number of esters is 2. The van der Waals surface area contributed by atoms with E-state index in [4.69, 9.17) is 9.47 Å². The zero-order valence-electron chi connectivity index (χ0n) is 42.0. The summed E-state index contributed by atoms with van der Waals surface area (Å²) in [4.78, 5) is 27.4. The van der Waals surface area contributed by atoms with Crippen LogP contribution in [0.2, 0.25) is 0 Å². The van der Waals surface area contributed by atoms with E-state index in [1.807, 2.05) is 36.4 Å². The molecule has 0 amide bonds. The maximum absolute atomic E-state index is 16.5. The van der Waals surface area contributed by atoms with E-state index in [2.05, 4.69) is 140 Å². The molecule has 1 aliphatic carbocycles. The molecule has 7 heteroatoms. The number of carbonyl (C=O) groups excluding carboxylic acids is 2. The molecule has 0 saturated heterocycles. The standard InChI is InChI=1S/C65H55F3O4/c1-34(2)59(69)71-36(5)64(61(65(66,67)68)72-60(70)35(3)4)53-32-39(47-22-16-37-12-14-41-28-45(62(6,7)8)30-43-20-26-51(47)57(37)55(41)43)18-24-49(53)50-25-19-40(33-54(50)64)48-23-17-38-13-15-42-29-46(63(9,10)11)31-44-21-27-52(48)58(38)56(42)44/h12-33,36,61H,1,3H2,2,4-11H3. The highest BCUT2D eigenvalue weighted by Gasteiger charge is 2.65. The molecular formula is C65H55F3O4. The largest absolute Gasteiger partial charge is 0.458 e. The molecule has 0 bridgehead atoms. The molecule has 2 unspecified atom stereocenters. The SMILES string of the molecule is C=C(C)C(=O)OC(C)C1(C(OC(=O)C(=C)C)C(F)(F)F)c2cc(-c3ccc4ccc5cc(C(C)(C)C)cc6ccc3c4c56)ccc2-c2ccc(-c3ccc4ccc5cc(C(C)(C)C)cc6ccc3c4c56)cc21. The van der Waals surface area contributed by atoms with Gasteiger partial charge >= 0.3 is 18.1 Å². The van der Waals surface area contributed by atoms with E-state index in [9.17, 15) is 9.59 Å². The Hall–Kier alpha value is -7.51. The van der Waals surface area contributed by atoms with Gasteiger partial charge in [0.05, 0.1) is 0 Å². The van der Waals surface area contributed by atoms with Crippen molar-refractivity contribution in [1.82, 2.24) is 0 Å². The van der Waals surface area contributed by atoms with E-state index < -0.39 is 35.7 Å². The zero-order chi connectivity index (χ0) is 51.1. The second-order valence-electron chi connectivity index (χ2n) is 22.2. The fourth-order valence-corrected chi connectivity index (χ4v) is 11.6. The van der Waals surface area contributed by atoms with Crippen LogP contribution in [0, 0.1) is 0 Å². The summed E-state index contributed by atoms with van der Waals surface area (Å²) in [6.07, 6.45) is -9.59. The summed E-state index contributed by atoms with van der Waals surface area (Å²) in [5.74, 6) is -2.10. The summed E-state index contributed by atoms with van der Waals surface area (Å²) in [5, 5.41) is 12.7. The van der Waals surface area contributed by atoms with Crippen molar-refractivity contribution in [3.63, 3.8) is 0 Å². The molecule has 0 radical (unpaired) electrons. The highest BCUT2D eigenvalue weighted by atomic mass is 19.4. The van der Waals surface area contributed by atoms with Gasteiger partial charge in [0.25, 0.3) is 0 Å². The maximum atomic E-state index is 16.5.